The monoisotopic (exact) mass is 405 g/mol. The Balaban J connectivity index is 1.51. The van der Waals surface area contributed by atoms with Crippen molar-refractivity contribution < 1.29 is 19.1 Å². The minimum absolute atomic E-state index is 0.0215. The number of carbonyl (C=O) groups excluding carboxylic acids is 2. The largest absolute Gasteiger partial charge is 0.497 e. The third-order valence-corrected chi connectivity index (χ3v) is 4.48. The number of anilines is 1. The number of benzene rings is 3. The van der Waals surface area contributed by atoms with E-state index in [2.05, 4.69) is 15.8 Å². The van der Waals surface area contributed by atoms with Crippen molar-refractivity contribution in [3.05, 3.63) is 66.2 Å². The maximum atomic E-state index is 12.2. The SMILES string of the molecule is COc1ccc(/C=N\NC(=O)CCC(=O)Nc2cccc3ccccc23)c(OC)c1. The first kappa shape index (κ1) is 20.9. The normalized spacial score (nSPS) is 10.7. The molecule has 3 aromatic carbocycles. The van der Waals surface area contributed by atoms with Gasteiger partial charge in [0.05, 0.1) is 20.4 Å². The van der Waals surface area contributed by atoms with Gasteiger partial charge in [-0.15, -0.1) is 0 Å². The minimum atomic E-state index is -0.355. The number of hydrogen-bond acceptors (Lipinski definition) is 5. The molecule has 0 radical (unpaired) electrons. The maximum absolute atomic E-state index is 12.2. The lowest BCUT2D eigenvalue weighted by atomic mass is 10.1. The van der Waals surface area contributed by atoms with Crippen molar-refractivity contribution in [2.75, 3.05) is 19.5 Å². The van der Waals surface area contributed by atoms with Crippen molar-refractivity contribution in [3.8, 4) is 11.5 Å². The molecule has 0 heterocycles. The van der Waals surface area contributed by atoms with Crippen LogP contribution in [0.3, 0.4) is 0 Å². The van der Waals surface area contributed by atoms with Crippen molar-refractivity contribution in [1.29, 1.82) is 0 Å². The lowest BCUT2D eigenvalue weighted by Crippen LogP contribution is -2.20. The van der Waals surface area contributed by atoms with E-state index in [-0.39, 0.29) is 24.7 Å². The Morgan fingerprint density at radius 3 is 2.50 bits per heavy atom. The molecule has 2 amide bonds. The van der Waals surface area contributed by atoms with Crippen LogP contribution >= 0.6 is 0 Å². The molecule has 0 spiro atoms. The van der Waals surface area contributed by atoms with Gasteiger partial charge in [-0.05, 0) is 23.6 Å². The van der Waals surface area contributed by atoms with Crippen molar-refractivity contribution in [2.24, 2.45) is 5.10 Å². The predicted molar refractivity (Wildman–Crippen MR) is 117 cm³/mol. The van der Waals surface area contributed by atoms with Gasteiger partial charge in [0, 0.05) is 35.5 Å². The minimum Gasteiger partial charge on any atom is -0.497 e. The van der Waals surface area contributed by atoms with Gasteiger partial charge in [0.2, 0.25) is 11.8 Å². The molecule has 0 atom stereocenters. The second-order valence-corrected chi connectivity index (χ2v) is 6.48. The Morgan fingerprint density at radius 2 is 1.70 bits per heavy atom. The van der Waals surface area contributed by atoms with Gasteiger partial charge in [-0.3, -0.25) is 9.59 Å². The third kappa shape index (κ3) is 5.35. The van der Waals surface area contributed by atoms with E-state index in [0.717, 1.165) is 16.5 Å². The summed E-state index contributed by atoms with van der Waals surface area (Å²) in [4.78, 5) is 24.2. The molecule has 0 saturated heterocycles. The van der Waals surface area contributed by atoms with E-state index in [0.29, 0.717) is 17.1 Å². The summed E-state index contributed by atoms with van der Waals surface area (Å²) in [5.41, 5.74) is 3.84. The first-order valence-corrected chi connectivity index (χ1v) is 9.42. The highest BCUT2D eigenvalue weighted by Gasteiger charge is 2.09. The Bertz CT molecular complexity index is 1070. The number of nitrogens with zero attached hydrogens (tertiary/aromatic N) is 1. The standard InChI is InChI=1S/C23H23N3O4/c1-29-18-11-10-17(21(14-18)30-2)15-24-26-23(28)13-12-22(27)25-20-9-5-7-16-6-3-4-8-19(16)20/h3-11,14-15H,12-13H2,1-2H3,(H,25,27)(H,26,28)/b24-15-. The zero-order valence-electron chi connectivity index (χ0n) is 16.8. The molecule has 7 nitrogen and oxygen atoms in total. The van der Waals surface area contributed by atoms with E-state index < -0.39 is 0 Å². The van der Waals surface area contributed by atoms with E-state index in [1.165, 1.54) is 6.21 Å². The average molecular weight is 405 g/mol. The highest BCUT2D eigenvalue weighted by molar-refractivity contribution is 6.02. The summed E-state index contributed by atoms with van der Waals surface area (Å²) in [6.07, 6.45) is 1.55. The first-order chi connectivity index (χ1) is 14.6. The van der Waals surface area contributed by atoms with Crippen molar-refractivity contribution >= 4 is 34.5 Å². The van der Waals surface area contributed by atoms with Crippen LogP contribution in [0.1, 0.15) is 18.4 Å². The smallest absolute Gasteiger partial charge is 0.240 e. The van der Waals surface area contributed by atoms with Gasteiger partial charge in [0.1, 0.15) is 11.5 Å². The lowest BCUT2D eigenvalue weighted by Gasteiger charge is -2.08. The number of nitrogens with one attached hydrogen (secondary N) is 2. The summed E-state index contributed by atoms with van der Waals surface area (Å²) in [7, 11) is 3.11. The van der Waals surface area contributed by atoms with Crippen LogP contribution in [-0.4, -0.2) is 32.2 Å². The van der Waals surface area contributed by atoms with Crippen LogP contribution < -0.4 is 20.2 Å². The van der Waals surface area contributed by atoms with Crippen LogP contribution in [0.4, 0.5) is 5.69 Å². The topological polar surface area (TPSA) is 89.0 Å². The maximum Gasteiger partial charge on any atom is 0.240 e. The molecule has 2 N–H and O–H groups in total. The van der Waals surface area contributed by atoms with E-state index in [1.807, 2.05) is 42.5 Å². The molecule has 0 fully saturated rings. The zero-order chi connectivity index (χ0) is 21.3. The molecule has 0 aliphatic rings. The van der Waals surface area contributed by atoms with Gasteiger partial charge < -0.3 is 14.8 Å². The molecule has 0 aromatic heterocycles. The molecule has 0 unspecified atom stereocenters. The second kappa shape index (κ2) is 10.1. The zero-order valence-corrected chi connectivity index (χ0v) is 16.8. The number of methoxy groups -OCH3 is 2. The van der Waals surface area contributed by atoms with Crippen LogP contribution in [-0.2, 0) is 9.59 Å². The number of amides is 2. The molecular formula is C23H23N3O4. The fourth-order valence-electron chi connectivity index (χ4n) is 2.93. The number of hydrazone groups is 1. The molecule has 0 saturated carbocycles. The van der Waals surface area contributed by atoms with Crippen LogP contribution in [0.2, 0.25) is 0 Å². The number of ether oxygens (including phenoxy) is 2. The first-order valence-electron chi connectivity index (χ1n) is 9.42. The highest BCUT2D eigenvalue weighted by Crippen LogP contribution is 2.24. The molecular weight excluding hydrogens is 382 g/mol. The molecule has 3 rings (SSSR count). The molecule has 154 valence electrons. The van der Waals surface area contributed by atoms with Crippen LogP contribution in [0.25, 0.3) is 10.8 Å². The number of carbonyl (C=O) groups is 2. The van der Waals surface area contributed by atoms with Crippen molar-refractivity contribution in [3.63, 3.8) is 0 Å². The Labute approximate surface area is 174 Å². The van der Waals surface area contributed by atoms with Crippen LogP contribution in [0.5, 0.6) is 11.5 Å². The number of fused-ring (bicyclic) bond motifs is 1. The summed E-state index contributed by atoms with van der Waals surface area (Å²) < 4.78 is 10.4. The van der Waals surface area contributed by atoms with Crippen molar-refractivity contribution in [2.45, 2.75) is 12.8 Å². The van der Waals surface area contributed by atoms with Crippen LogP contribution in [0, 0.1) is 0 Å². The van der Waals surface area contributed by atoms with Gasteiger partial charge in [0.25, 0.3) is 0 Å². The van der Waals surface area contributed by atoms with Gasteiger partial charge >= 0.3 is 0 Å². The van der Waals surface area contributed by atoms with Gasteiger partial charge in [0.15, 0.2) is 0 Å². The van der Waals surface area contributed by atoms with E-state index >= 15 is 0 Å². The fraction of sp³-hybridized carbons (Fsp3) is 0.174. The second-order valence-electron chi connectivity index (χ2n) is 6.48. The highest BCUT2D eigenvalue weighted by atomic mass is 16.5. The molecule has 30 heavy (non-hydrogen) atoms. The Morgan fingerprint density at radius 1 is 0.933 bits per heavy atom. The Kier molecular flexibility index (Phi) is 7.00. The summed E-state index contributed by atoms with van der Waals surface area (Å²) in [6, 6.07) is 18.7. The number of hydrogen-bond donors (Lipinski definition) is 2. The number of rotatable bonds is 8. The lowest BCUT2D eigenvalue weighted by molar-refractivity contribution is -0.124. The van der Waals surface area contributed by atoms with Gasteiger partial charge in [-0.25, -0.2) is 5.43 Å². The average Bonchev–Trinajstić information content (AvgIpc) is 2.78. The molecule has 0 aliphatic carbocycles. The van der Waals surface area contributed by atoms with E-state index in [9.17, 15) is 9.59 Å². The fourth-order valence-corrected chi connectivity index (χ4v) is 2.93. The van der Waals surface area contributed by atoms with Crippen molar-refractivity contribution in [1.82, 2.24) is 5.43 Å². The van der Waals surface area contributed by atoms with E-state index in [4.69, 9.17) is 9.47 Å². The third-order valence-electron chi connectivity index (χ3n) is 4.48. The predicted octanol–water partition coefficient (Wildman–Crippen LogP) is 3.73. The van der Waals surface area contributed by atoms with E-state index in [1.54, 1.807) is 32.4 Å². The molecule has 7 heteroatoms. The molecule has 0 bridgehead atoms. The summed E-state index contributed by atoms with van der Waals surface area (Å²) in [5, 5.41) is 8.79. The summed E-state index contributed by atoms with van der Waals surface area (Å²) in [6.45, 7) is 0. The van der Waals surface area contributed by atoms with Gasteiger partial charge in [-0.2, -0.15) is 5.10 Å². The molecule has 3 aromatic rings. The molecule has 0 aliphatic heterocycles. The summed E-state index contributed by atoms with van der Waals surface area (Å²) >= 11 is 0. The summed E-state index contributed by atoms with van der Waals surface area (Å²) in [5.74, 6) is 0.640. The quantitative estimate of drug-likeness (QED) is 0.441. The van der Waals surface area contributed by atoms with Crippen LogP contribution in [0.15, 0.2) is 65.8 Å². The van der Waals surface area contributed by atoms with Gasteiger partial charge in [-0.1, -0.05) is 36.4 Å². The Hall–Kier alpha value is -3.87.